The highest BCUT2D eigenvalue weighted by atomic mass is 35.5. The lowest BCUT2D eigenvalue weighted by molar-refractivity contribution is -0.137. The van der Waals surface area contributed by atoms with E-state index < -0.39 is 22.0 Å². The average Bonchev–Trinajstić information content (AvgIpc) is 3.27. The summed E-state index contributed by atoms with van der Waals surface area (Å²) in [5, 5.41) is 20.1. The van der Waals surface area contributed by atoms with Crippen molar-refractivity contribution in [3.05, 3.63) is 91.9 Å². The zero-order valence-corrected chi connectivity index (χ0v) is 38.3. The third kappa shape index (κ3) is 13.4. The Bertz CT molecular complexity index is 2130. The zero-order chi connectivity index (χ0) is 44.4. The van der Waals surface area contributed by atoms with Crippen LogP contribution in [0.1, 0.15) is 87.8 Å². The SMILES string of the molecule is O=C(O)CCCS(=O)(=O)N1CCC(N2CCC(Oc3ccc(Cl)c(Cl)c3)CC2)CC1.O=C(O)c1ccccc1C(=O)N1CCC(N2CCC(Oc3ccc(Cl)c(Cl)c3)CC2)CC1.[HH].[HH]. The van der Waals surface area contributed by atoms with Gasteiger partial charge in [-0.05, 0) is 94.2 Å². The molecule has 4 aliphatic heterocycles. The number of carboxylic acid groups (broad SMARTS) is 2. The molecular formula is C44H58Cl4N4O9S. The average molecular weight is 961 g/mol. The normalized spacial score (nSPS) is 19.4. The molecule has 13 nitrogen and oxygen atoms in total. The van der Waals surface area contributed by atoms with Gasteiger partial charge in [0.1, 0.15) is 23.7 Å². The fraction of sp³-hybridized carbons (Fsp3) is 0.523. The highest BCUT2D eigenvalue weighted by Gasteiger charge is 2.34. The van der Waals surface area contributed by atoms with Crippen LogP contribution in [0.25, 0.3) is 0 Å². The second-order valence-electron chi connectivity index (χ2n) is 16.2. The van der Waals surface area contributed by atoms with E-state index in [4.69, 9.17) is 61.0 Å². The first-order chi connectivity index (χ1) is 29.7. The van der Waals surface area contributed by atoms with Crippen molar-refractivity contribution in [2.24, 2.45) is 0 Å². The molecule has 0 radical (unpaired) electrons. The maximum atomic E-state index is 12.9. The maximum absolute atomic E-state index is 12.9. The molecule has 0 spiro atoms. The molecule has 62 heavy (non-hydrogen) atoms. The molecule has 3 aromatic rings. The summed E-state index contributed by atoms with van der Waals surface area (Å²) in [7, 11) is -3.37. The number of ether oxygens (including phenoxy) is 2. The number of carbonyl (C=O) groups is 3. The topological polar surface area (TPSA) is 157 Å². The van der Waals surface area contributed by atoms with Gasteiger partial charge in [0.05, 0.1) is 37.0 Å². The molecule has 2 N–H and O–H groups in total. The second-order valence-corrected chi connectivity index (χ2v) is 19.9. The lowest BCUT2D eigenvalue weighted by Gasteiger charge is -2.41. The summed E-state index contributed by atoms with van der Waals surface area (Å²) in [6.45, 7) is 6.01. The first kappa shape index (κ1) is 48.1. The summed E-state index contributed by atoms with van der Waals surface area (Å²) in [6.07, 6.45) is 7.40. The van der Waals surface area contributed by atoms with Gasteiger partial charge in [-0.15, -0.1) is 0 Å². The standard InChI is InChI=1S/C24H26Cl2N2O4.C20H28Cl2N2O5S.2H2/c25-21-6-5-18(15-22(21)26)32-17-9-13-27(14-10-17)16-7-11-28(12-8-16)23(29)19-3-1-2-4-20(19)24(30)31;21-18-4-3-17(14-19(18)22)29-16-7-9-23(10-8-16)15-5-11-24(12-6-15)30(27,28)13-1-2-20(25)26;;/h1-6,15-17H,7-14H2,(H,30,31);3-4,14-16H,1-2,5-13H2,(H,25,26);2*1H. The van der Waals surface area contributed by atoms with Gasteiger partial charge in [-0.2, -0.15) is 0 Å². The van der Waals surface area contributed by atoms with Gasteiger partial charge in [-0.25, -0.2) is 17.5 Å². The van der Waals surface area contributed by atoms with Crippen LogP contribution in [0.3, 0.4) is 0 Å². The minimum atomic E-state index is -3.37. The summed E-state index contributed by atoms with van der Waals surface area (Å²) >= 11 is 24.0. The highest BCUT2D eigenvalue weighted by molar-refractivity contribution is 7.89. The third-order valence-electron chi connectivity index (χ3n) is 12.1. The Labute approximate surface area is 386 Å². The molecule has 4 fully saturated rings. The smallest absolute Gasteiger partial charge is 0.336 e. The monoisotopic (exact) mass is 958 g/mol. The van der Waals surface area contributed by atoms with Gasteiger partial charge >= 0.3 is 11.9 Å². The number of aromatic carboxylic acids is 1. The van der Waals surface area contributed by atoms with Crippen LogP contribution in [-0.4, -0.2) is 138 Å². The molecule has 1 amide bonds. The summed E-state index contributed by atoms with van der Waals surface area (Å²) in [5.74, 6) is -0.863. The van der Waals surface area contributed by atoms with E-state index in [1.165, 1.54) is 10.4 Å². The first-order valence-electron chi connectivity index (χ1n) is 21.2. The van der Waals surface area contributed by atoms with Crippen molar-refractivity contribution in [2.75, 3.05) is 58.1 Å². The van der Waals surface area contributed by atoms with Crippen molar-refractivity contribution in [1.29, 1.82) is 0 Å². The summed E-state index contributed by atoms with van der Waals surface area (Å²) in [6, 6.07) is 17.9. The molecule has 0 atom stereocenters. The second kappa shape index (κ2) is 22.5. The number of benzene rings is 3. The molecule has 7 rings (SSSR count). The Morgan fingerprint density at radius 1 is 0.613 bits per heavy atom. The molecular weight excluding hydrogens is 902 g/mol. The third-order valence-corrected chi connectivity index (χ3v) is 15.6. The first-order valence-corrected chi connectivity index (χ1v) is 24.3. The number of sulfonamides is 1. The minimum absolute atomic E-state index is 0. The number of nitrogens with zero attached hydrogens (tertiary/aromatic N) is 4. The number of likely N-dealkylation sites (tertiary alicyclic amines) is 3. The van der Waals surface area contributed by atoms with Crippen LogP contribution in [-0.2, 0) is 14.8 Å². The molecule has 4 heterocycles. The number of carboxylic acids is 2. The van der Waals surface area contributed by atoms with Crippen LogP contribution in [0, 0.1) is 0 Å². The van der Waals surface area contributed by atoms with Crippen molar-refractivity contribution >= 4 is 74.3 Å². The number of aliphatic carboxylic acids is 1. The van der Waals surface area contributed by atoms with Crippen LogP contribution < -0.4 is 9.47 Å². The highest BCUT2D eigenvalue weighted by Crippen LogP contribution is 2.31. The van der Waals surface area contributed by atoms with E-state index in [1.807, 2.05) is 12.1 Å². The molecule has 3 aromatic carbocycles. The van der Waals surface area contributed by atoms with Gasteiger partial charge in [0, 0.05) is 85.8 Å². The lowest BCUT2D eigenvalue weighted by atomic mass is 9.97. The summed E-state index contributed by atoms with van der Waals surface area (Å²) in [5.41, 5.74) is 0.322. The lowest BCUT2D eigenvalue weighted by Crippen LogP contribution is -2.50. The van der Waals surface area contributed by atoms with E-state index in [1.54, 1.807) is 47.4 Å². The van der Waals surface area contributed by atoms with E-state index in [2.05, 4.69) is 9.80 Å². The molecule has 0 bridgehead atoms. The number of rotatable bonds is 13. The Hall–Kier alpha value is -3.34. The molecule has 0 aliphatic carbocycles. The molecule has 0 unspecified atom stereocenters. The van der Waals surface area contributed by atoms with Crippen LogP contribution >= 0.6 is 46.4 Å². The van der Waals surface area contributed by atoms with Gasteiger partial charge in [-0.3, -0.25) is 14.5 Å². The van der Waals surface area contributed by atoms with Crippen LogP contribution in [0.15, 0.2) is 60.7 Å². The fourth-order valence-electron chi connectivity index (χ4n) is 8.68. The van der Waals surface area contributed by atoms with Crippen LogP contribution in [0.2, 0.25) is 20.1 Å². The fourth-order valence-corrected chi connectivity index (χ4v) is 10.8. The van der Waals surface area contributed by atoms with Crippen molar-refractivity contribution in [3.63, 3.8) is 0 Å². The quantitative estimate of drug-likeness (QED) is 0.169. The largest absolute Gasteiger partial charge is 0.490 e. The Morgan fingerprint density at radius 3 is 1.50 bits per heavy atom. The Kier molecular flexibility index (Phi) is 17.5. The van der Waals surface area contributed by atoms with Crippen LogP contribution in [0.5, 0.6) is 11.5 Å². The molecule has 0 saturated carbocycles. The zero-order valence-electron chi connectivity index (χ0n) is 34.5. The van der Waals surface area contributed by atoms with Crippen molar-refractivity contribution in [1.82, 2.24) is 19.0 Å². The minimum Gasteiger partial charge on any atom is -0.490 e. The van der Waals surface area contributed by atoms with Crippen LogP contribution in [0.4, 0.5) is 0 Å². The number of halogens is 4. The number of hydrogen-bond acceptors (Lipinski definition) is 9. The number of amides is 1. The van der Waals surface area contributed by atoms with Crippen molar-refractivity contribution in [3.8, 4) is 11.5 Å². The summed E-state index contributed by atoms with van der Waals surface area (Å²) < 4.78 is 38.4. The number of piperidine rings is 4. The maximum Gasteiger partial charge on any atom is 0.336 e. The number of hydrogen-bond donors (Lipinski definition) is 2. The molecule has 0 aromatic heterocycles. The van der Waals surface area contributed by atoms with Gasteiger partial charge in [0.25, 0.3) is 5.91 Å². The summed E-state index contributed by atoms with van der Waals surface area (Å²) in [4.78, 5) is 41.6. The van der Waals surface area contributed by atoms with Crippen molar-refractivity contribution in [2.45, 2.75) is 88.5 Å². The Morgan fingerprint density at radius 2 is 1.06 bits per heavy atom. The molecule has 4 aliphatic rings. The predicted octanol–water partition coefficient (Wildman–Crippen LogP) is 8.83. The molecule has 18 heteroatoms. The molecule has 342 valence electrons. The van der Waals surface area contributed by atoms with E-state index in [0.29, 0.717) is 58.4 Å². The van der Waals surface area contributed by atoms with E-state index >= 15 is 0 Å². The van der Waals surface area contributed by atoms with E-state index in [9.17, 15) is 27.9 Å². The van der Waals surface area contributed by atoms with Gasteiger partial charge in [0.2, 0.25) is 10.0 Å². The van der Waals surface area contributed by atoms with Gasteiger partial charge < -0.3 is 29.5 Å². The van der Waals surface area contributed by atoms with E-state index in [0.717, 1.165) is 89.0 Å². The molecule has 4 saturated heterocycles. The van der Waals surface area contributed by atoms with Crippen molar-refractivity contribution < 1.29 is 45.3 Å². The van der Waals surface area contributed by atoms with Gasteiger partial charge in [-0.1, -0.05) is 58.5 Å². The van der Waals surface area contributed by atoms with Gasteiger partial charge in [0.15, 0.2) is 0 Å². The predicted molar refractivity (Wildman–Crippen MR) is 245 cm³/mol. The number of carbonyl (C=O) groups excluding carboxylic acids is 1. The Balaban J connectivity index is 0.000000273. The van der Waals surface area contributed by atoms with E-state index in [-0.39, 0.29) is 50.7 Å².